The minimum Gasteiger partial charge on any atom is -0.385 e. The van der Waals surface area contributed by atoms with Gasteiger partial charge in [-0.05, 0) is 36.8 Å². The molecule has 7 heteroatoms. The molecule has 0 radical (unpaired) electrons. The van der Waals surface area contributed by atoms with Crippen LogP contribution in [0.3, 0.4) is 0 Å². The summed E-state index contributed by atoms with van der Waals surface area (Å²) in [7, 11) is 1.64. The summed E-state index contributed by atoms with van der Waals surface area (Å²) in [6, 6.07) is 13.6. The lowest BCUT2D eigenvalue weighted by Gasteiger charge is -2.07. The van der Waals surface area contributed by atoms with E-state index in [9.17, 15) is 9.59 Å². The smallest absolute Gasteiger partial charge is 0.256 e. The Kier molecular flexibility index (Phi) is 6.01. The van der Waals surface area contributed by atoms with Crippen molar-refractivity contribution in [1.82, 2.24) is 9.88 Å². The SMILES string of the molecule is COCCCNC(=O)Cn1cc(/C=C2/C(=O)Nc3ccccc32)c2cc(Br)ccc21. The summed E-state index contributed by atoms with van der Waals surface area (Å²) in [5, 5.41) is 6.79. The molecule has 0 unspecified atom stereocenters. The summed E-state index contributed by atoms with van der Waals surface area (Å²) >= 11 is 3.53. The van der Waals surface area contributed by atoms with Gasteiger partial charge in [-0.15, -0.1) is 0 Å². The molecule has 0 saturated heterocycles. The predicted molar refractivity (Wildman–Crippen MR) is 122 cm³/mol. The van der Waals surface area contributed by atoms with E-state index < -0.39 is 0 Å². The molecule has 3 aromatic rings. The van der Waals surface area contributed by atoms with Gasteiger partial charge in [-0.2, -0.15) is 0 Å². The quantitative estimate of drug-likeness (QED) is 0.406. The van der Waals surface area contributed by atoms with Gasteiger partial charge in [0, 0.05) is 64.2 Å². The molecular formula is C23H22BrN3O3. The average molecular weight is 468 g/mol. The number of nitrogens with zero attached hydrogens (tertiary/aromatic N) is 1. The first-order valence-corrected chi connectivity index (χ1v) is 10.5. The van der Waals surface area contributed by atoms with Crippen molar-refractivity contribution in [3.8, 4) is 0 Å². The second-order valence-corrected chi connectivity index (χ2v) is 8.04. The Morgan fingerprint density at radius 3 is 2.93 bits per heavy atom. The molecule has 0 aliphatic carbocycles. The Labute approximate surface area is 183 Å². The van der Waals surface area contributed by atoms with Gasteiger partial charge in [-0.25, -0.2) is 0 Å². The Bertz CT molecular complexity index is 1150. The molecule has 30 heavy (non-hydrogen) atoms. The normalized spacial score (nSPS) is 14.2. The monoisotopic (exact) mass is 467 g/mol. The van der Waals surface area contributed by atoms with Gasteiger partial charge in [-0.1, -0.05) is 34.1 Å². The minimum absolute atomic E-state index is 0.0610. The number of benzene rings is 2. The number of carbonyl (C=O) groups is 2. The second-order valence-electron chi connectivity index (χ2n) is 7.13. The molecule has 1 aromatic heterocycles. The fourth-order valence-electron chi connectivity index (χ4n) is 3.64. The minimum atomic E-state index is -0.122. The van der Waals surface area contributed by atoms with Crippen LogP contribution >= 0.6 is 15.9 Å². The van der Waals surface area contributed by atoms with Gasteiger partial charge < -0.3 is 19.9 Å². The van der Waals surface area contributed by atoms with Crippen LogP contribution in [-0.4, -0.2) is 36.6 Å². The van der Waals surface area contributed by atoms with Gasteiger partial charge in [-0.3, -0.25) is 9.59 Å². The zero-order chi connectivity index (χ0) is 21.1. The van der Waals surface area contributed by atoms with E-state index in [0.717, 1.165) is 38.6 Å². The third-order valence-corrected chi connectivity index (χ3v) is 5.54. The summed E-state index contributed by atoms with van der Waals surface area (Å²) in [6.07, 6.45) is 4.59. The van der Waals surface area contributed by atoms with Gasteiger partial charge >= 0.3 is 0 Å². The number of rotatable bonds is 7. The number of fused-ring (bicyclic) bond motifs is 2. The number of aromatic nitrogens is 1. The molecule has 0 atom stereocenters. The Morgan fingerprint density at radius 1 is 1.27 bits per heavy atom. The maximum atomic E-state index is 12.5. The van der Waals surface area contributed by atoms with Gasteiger partial charge in [0.1, 0.15) is 6.54 Å². The predicted octanol–water partition coefficient (Wildman–Crippen LogP) is 4.05. The number of amides is 2. The van der Waals surface area contributed by atoms with Gasteiger partial charge in [0.25, 0.3) is 5.91 Å². The lowest BCUT2D eigenvalue weighted by Crippen LogP contribution is -2.28. The summed E-state index contributed by atoms with van der Waals surface area (Å²) in [5.41, 5.74) is 4.14. The zero-order valence-electron chi connectivity index (χ0n) is 16.6. The lowest BCUT2D eigenvalue weighted by molar-refractivity contribution is -0.121. The van der Waals surface area contributed by atoms with Crippen molar-refractivity contribution < 1.29 is 14.3 Å². The summed E-state index contributed by atoms with van der Waals surface area (Å²) in [4.78, 5) is 24.9. The molecule has 2 N–H and O–H groups in total. The van der Waals surface area contributed by atoms with Crippen molar-refractivity contribution >= 4 is 56.0 Å². The van der Waals surface area contributed by atoms with E-state index in [0.29, 0.717) is 18.7 Å². The molecule has 2 aromatic carbocycles. The molecule has 0 saturated carbocycles. The largest absolute Gasteiger partial charge is 0.385 e. The Hall–Kier alpha value is -2.90. The van der Waals surface area contributed by atoms with Crippen LogP contribution in [-0.2, 0) is 20.9 Å². The van der Waals surface area contributed by atoms with Crippen molar-refractivity contribution in [2.24, 2.45) is 0 Å². The molecule has 0 spiro atoms. The van der Waals surface area contributed by atoms with E-state index >= 15 is 0 Å². The first kappa shape index (κ1) is 20.4. The molecule has 0 bridgehead atoms. The maximum Gasteiger partial charge on any atom is 0.256 e. The number of hydrogen-bond donors (Lipinski definition) is 2. The van der Waals surface area contributed by atoms with Crippen molar-refractivity contribution in [3.63, 3.8) is 0 Å². The molecule has 1 aliphatic rings. The van der Waals surface area contributed by atoms with Gasteiger partial charge in [0.2, 0.25) is 5.91 Å². The fraction of sp³-hybridized carbons (Fsp3) is 0.217. The third kappa shape index (κ3) is 4.17. The van der Waals surface area contributed by atoms with Crippen LogP contribution in [0.1, 0.15) is 17.5 Å². The van der Waals surface area contributed by atoms with Gasteiger partial charge in [0.15, 0.2) is 0 Å². The standard InChI is InChI=1S/C23H22BrN3O3/c1-30-10-4-9-25-22(28)14-27-13-15(18-12-16(24)7-8-21(18)27)11-19-17-5-2-3-6-20(17)26-23(19)29/h2-3,5-8,11-13H,4,9-10,14H2,1H3,(H,25,28)(H,26,29)/b19-11+. The van der Waals surface area contributed by atoms with E-state index in [-0.39, 0.29) is 18.4 Å². The highest BCUT2D eigenvalue weighted by Gasteiger charge is 2.24. The topological polar surface area (TPSA) is 72.4 Å². The number of ether oxygens (including phenoxy) is 1. The van der Waals surface area contributed by atoms with E-state index in [1.165, 1.54) is 0 Å². The number of methoxy groups -OCH3 is 1. The first-order chi connectivity index (χ1) is 14.6. The van der Waals surface area contributed by atoms with Crippen molar-refractivity contribution in [2.75, 3.05) is 25.6 Å². The Morgan fingerprint density at radius 2 is 2.10 bits per heavy atom. The highest BCUT2D eigenvalue weighted by Crippen LogP contribution is 2.35. The molecule has 1 aliphatic heterocycles. The van der Waals surface area contributed by atoms with Crippen LogP contribution in [0.4, 0.5) is 5.69 Å². The number of hydrogen-bond acceptors (Lipinski definition) is 3. The van der Waals surface area contributed by atoms with Crippen LogP contribution in [0.15, 0.2) is 53.1 Å². The van der Waals surface area contributed by atoms with Crippen molar-refractivity contribution in [2.45, 2.75) is 13.0 Å². The Balaban J connectivity index is 1.67. The van der Waals surface area contributed by atoms with Crippen molar-refractivity contribution in [1.29, 1.82) is 0 Å². The number of anilines is 1. The highest BCUT2D eigenvalue weighted by molar-refractivity contribution is 9.10. The fourth-order valence-corrected chi connectivity index (χ4v) is 4.00. The summed E-state index contributed by atoms with van der Waals surface area (Å²) in [5.74, 6) is -0.183. The number of nitrogens with one attached hydrogen (secondary N) is 2. The van der Waals surface area contributed by atoms with Crippen LogP contribution < -0.4 is 10.6 Å². The maximum absolute atomic E-state index is 12.5. The molecule has 4 rings (SSSR count). The molecule has 6 nitrogen and oxygen atoms in total. The number of halogens is 1. The van der Waals surface area contributed by atoms with Crippen LogP contribution in [0.25, 0.3) is 22.6 Å². The number of para-hydroxylation sites is 1. The second kappa shape index (κ2) is 8.85. The molecule has 2 heterocycles. The summed E-state index contributed by atoms with van der Waals surface area (Å²) in [6.45, 7) is 1.39. The molecule has 154 valence electrons. The van der Waals surface area contributed by atoms with Gasteiger partial charge in [0.05, 0.1) is 0 Å². The third-order valence-electron chi connectivity index (χ3n) is 5.05. The molecule has 2 amide bonds. The van der Waals surface area contributed by atoms with E-state index in [1.807, 2.05) is 59.3 Å². The summed E-state index contributed by atoms with van der Waals surface area (Å²) < 4.78 is 7.86. The van der Waals surface area contributed by atoms with Crippen LogP contribution in [0.5, 0.6) is 0 Å². The highest BCUT2D eigenvalue weighted by atomic mass is 79.9. The van der Waals surface area contributed by atoms with E-state index in [1.54, 1.807) is 7.11 Å². The van der Waals surface area contributed by atoms with E-state index in [2.05, 4.69) is 26.6 Å². The van der Waals surface area contributed by atoms with Crippen LogP contribution in [0, 0.1) is 0 Å². The average Bonchev–Trinajstić information content (AvgIpc) is 3.22. The van der Waals surface area contributed by atoms with Crippen molar-refractivity contribution in [3.05, 3.63) is 64.3 Å². The lowest BCUT2D eigenvalue weighted by atomic mass is 10.0. The van der Waals surface area contributed by atoms with E-state index in [4.69, 9.17) is 4.74 Å². The molecule has 0 fully saturated rings. The first-order valence-electron chi connectivity index (χ1n) is 9.73. The molecular weight excluding hydrogens is 446 g/mol. The van der Waals surface area contributed by atoms with Crippen LogP contribution in [0.2, 0.25) is 0 Å². The zero-order valence-corrected chi connectivity index (χ0v) is 18.2. The number of carbonyl (C=O) groups excluding carboxylic acids is 2.